The maximum absolute atomic E-state index is 13.3. The van der Waals surface area contributed by atoms with Gasteiger partial charge in [0, 0.05) is 47.6 Å². The van der Waals surface area contributed by atoms with E-state index in [-0.39, 0.29) is 23.6 Å². The molecule has 0 saturated carbocycles. The zero-order valence-electron chi connectivity index (χ0n) is 19.6. The van der Waals surface area contributed by atoms with Gasteiger partial charge in [-0.1, -0.05) is 6.07 Å². The van der Waals surface area contributed by atoms with E-state index in [0.717, 1.165) is 16.8 Å². The standard InChI is InChI=1S/C25H21F2N7O3/c1-33-17-5-14(19-13(22(33)35)3-2-4-18(19)37-24(26)27)20-16-6-15(31-11-34(16)32-21(17)20)12-7-29-23(30-8-12)25(28)9-36-10-25/h2-4,6-8,11,14,17,24H,5,9-10,28H2,1H3. The van der Waals surface area contributed by atoms with Gasteiger partial charge in [0.25, 0.3) is 5.91 Å². The second kappa shape index (κ2) is 7.73. The minimum Gasteiger partial charge on any atom is -0.434 e. The van der Waals surface area contributed by atoms with Crippen molar-refractivity contribution in [3.05, 3.63) is 71.2 Å². The number of amides is 1. The third kappa shape index (κ3) is 3.18. The maximum Gasteiger partial charge on any atom is 0.387 e. The number of carbonyl (C=O) groups excluding carboxylic acids is 1. The molecule has 37 heavy (non-hydrogen) atoms. The first kappa shape index (κ1) is 22.2. The van der Waals surface area contributed by atoms with Crippen LogP contribution >= 0.6 is 0 Å². The molecule has 0 radical (unpaired) electrons. The van der Waals surface area contributed by atoms with Crippen molar-refractivity contribution >= 4 is 11.4 Å². The largest absolute Gasteiger partial charge is 0.434 e. The number of carbonyl (C=O) groups is 1. The number of hydrogen-bond acceptors (Lipinski definition) is 8. The van der Waals surface area contributed by atoms with Crippen molar-refractivity contribution in [2.45, 2.75) is 30.5 Å². The van der Waals surface area contributed by atoms with Gasteiger partial charge in [0.2, 0.25) is 0 Å². The average Bonchev–Trinajstić information content (AvgIpc) is 3.40. The highest BCUT2D eigenvalue weighted by Crippen LogP contribution is 2.53. The lowest BCUT2D eigenvalue weighted by atomic mass is 9.88. The number of fused-ring (bicyclic) bond motifs is 9. The van der Waals surface area contributed by atoms with Crippen molar-refractivity contribution in [2.75, 3.05) is 20.3 Å². The summed E-state index contributed by atoms with van der Waals surface area (Å²) in [5.41, 5.74) is 10.0. The lowest BCUT2D eigenvalue weighted by Gasteiger charge is -2.35. The molecule has 10 nitrogen and oxygen atoms in total. The molecule has 2 unspecified atom stereocenters. The first-order chi connectivity index (χ1) is 17.8. The Balaban J connectivity index is 1.37. The quantitative estimate of drug-likeness (QED) is 0.450. The van der Waals surface area contributed by atoms with Gasteiger partial charge in [-0.25, -0.2) is 19.5 Å². The molecule has 1 amide bonds. The molecule has 3 aromatic heterocycles. The van der Waals surface area contributed by atoms with E-state index in [2.05, 4.69) is 15.0 Å². The topological polar surface area (TPSA) is 121 Å². The van der Waals surface area contributed by atoms with Gasteiger partial charge < -0.3 is 20.1 Å². The summed E-state index contributed by atoms with van der Waals surface area (Å²) in [5, 5.41) is 4.74. The first-order valence-corrected chi connectivity index (χ1v) is 11.8. The van der Waals surface area contributed by atoms with Crippen molar-refractivity contribution in [2.24, 2.45) is 5.73 Å². The molecular weight excluding hydrogens is 484 g/mol. The third-order valence-electron chi connectivity index (χ3n) is 7.48. The summed E-state index contributed by atoms with van der Waals surface area (Å²) in [6, 6.07) is 6.26. The molecule has 1 aromatic carbocycles. The van der Waals surface area contributed by atoms with Crippen LogP contribution in [0.2, 0.25) is 0 Å². The number of aromatic nitrogens is 5. The highest BCUT2D eigenvalue weighted by atomic mass is 19.3. The Labute approximate surface area is 209 Å². The summed E-state index contributed by atoms with van der Waals surface area (Å²) in [6.07, 6.45) is 5.45. The van der Waals surface area contributed by atoms with Crippen LogP contribution in [-0.2, 0) is 10.3 Å². The van der Waals surface area contributed by atoms with Crippen LogP contribution in [-0.4, -0.2) is 62.2 Å². The number of benzene rings is 1. The number of rotatable bonds is 4. The van der Waals surface area contributed by atoms with Crippen LogP contribution in [0.1, 0.15) is 51.4 Å². The van der Waals surface area contributed by atoms with E-state index in [0.29, 0.717) is 47.8 Å². The van der Waals surface area contributed by atoms with Crippen LogP contribution < -0.4 is 10.5 Å². The van der Waals surface area contributed by atoms with E-state index in [4.69, 9.17) is 20.3 Å². The Morgan fingerprint density at radius 1 is 1.19 bits per heavy atom. The van der Waals surface area contributed by atoms with Gasteiger partial charge in [-0.2, -0.15) is 13.9 Å². The molecule has 1 saturated heterocycles. The van der Waals surface area contributed by atoms with Crippen molar-refractivity contribution < 1.29 is 23.0 Å². The van der Waals surface area contributed by atoms with E-state index < -0.39 is 12.2 Å². The fraction of sp³-hybridized carbons (Fsp3) is 0.320. The van der Waals surface area contributed by atoms with Gasteiger partial charge in [-0.05, 0) is 24.6 Å². The molecule has 0 spiro atoms. The maximum atomic E-state index is 13.3. The number of nitrogens with zero attached hydrogens (tertiary/aromatic N) is 6. The monoisotopic (exact) mass is 505 g/mol. The minimum atomic E-state index is -3.01. The Morgan fingerprint density at radius 3 is 2.68 bits per heavy atom. The normalized spacial score (nSPS) is 21.5. The Hall–Kier alpha value is -4.03. The summed E-state index contributed by atoms with van der Waals surface area (Å²) in [5.74, 6) is -0.104. The van der Waals surface area contributed by atoms with E-state index in [1.165, 1.54) is 6.07 Å². The van der Waals surface area contributed by atoms with Gasteiger partial charge >= 0.3 is 6.61 Å². The average molecular weight is 505 g/mol. The van der Waals surface area contributed by atoms with Gasteiger partial charge in [0.15, 0.2) is 5.82 Å². The summed E-state index contributed by atoms with van der Waals surface area (Å²) in [4.78, 5) is 28.3. The summed E-state index contributed by atoms with van der Waals surface area (Å²) in [7, 11) is 1.71. The van der Waals surface area contributed by atoms with E-state index in [1.54, 1.807) is 47.3 Å². The highest BCUT2D eigenvalue weighted by molar-refractivity contribution is 5.98. The Kier molecular flexibility index (Phi) is 4.64. The first-order valence-electron chi connectivity index (χ1n) is 11.8. The zero-order valence-corrected chi connectivity index (χ0v) is 19.6. The molecule has 5 heterocycles. The van der Waals surface area contributed by atoms with Crippen molar-refractivity contribution in [3.8, 4) is 17.0 Å². The minimum absolute atomic E-state index is 0.000978. The molecule has 4 aromatic rings. The number of nitrogens with two attached hydrogens (primary N) is 1. The number of hydrogen-bond donors (Lipinski definition) is 1. The molecule has 1 fully saturated rings. The Morgan fingerprint density at radius 2 is 1.97 bits per heavy atom. The molecule has 12 heteroatoms. The van der Waals surface area contributed by atoms with Crippen LogP contribution in [0.15, 0.2) is 43.0 Å². The van der Waals surface area contributed by atoms with Crippen LogP contribution in [0, 0.1) is 0 Å². The SMILES string of the molecule is CN1C(=O)c2cccc(OC(F)F)c2C2CC1c1nn3cnc(-c4cnc(C5(N)COC5)nc4)cc3c12. The molecule has 7 rings (SSSR count). The zero-order chi connectivity index (χ0) is 25.5. The number of halogens is 2. The molecule has 2 aliphatic heterocycles. The van der Waals surface area contributed by atoms with Crippen LogP contribution in [0.25, 0.3) is 16.8 Å². The lowest BCUT2D eigenvalue weighted by molar-refractivity contribution is -0.0613. The Bertz CT molecular complexity index is 1570. The number of ether oxygens (including phenoxy) is 2. The molecule has 3 aliphatic rings. The van der Waals surface area contributed by atoms with Crippen LogP contribution in [0.4, 0.5) is 8.78 Å². The second-order valence-electron chi connectivity index (χ2n) is 9.66. The predicted octanol–water partition coefficient (Wildman–Crippen LogP) is 2.63. The molecule has 188 valence electrons. The summed E-state index contributed by atoms with van der Waals surface area (Å²) < 4.78 is 38.3. The fourth-order valence-electron chi connectivity index (χ4n) is 5.60. The third-order valence-corrected chi connectivity index (χ3v) is 7.48. The van der Waals surface area contributed by atoms with Crippen molar-refractivity contribution in [1.82, 2.24) is 29.5 Å². The van der Waals surface area contributed by atoms with Gasteiger partial charge in [0.05, 0.1) is 36.2 Å². The van der Waals surface area contributed by atoms with Crippen molar-refractivity contribution in [1.29, 1.82) is 0 Å². The second-order valence-corrected chi connectivity index (χ2v) is 9.66. The van der Waals surface area contributed by atoms with Crippen molar-refractivity contribution in [3.63, 3.8) is 0 Å². The fourth-order valence-corrected chi connectivity index (χ4v) is 5.60. The van der Waals surface area contributed by atoms with Gasteiger partial charge in [0.1, 0.15) is 17.6 Å². The highest BCUT2D eigenvalue weighted by Gasteiger charge is 2.46. The summed E-state index contributed by atoms with van der Waals surface area (Å²) in [6.45, 7) is -2.27. The summed E-state index contributed by atoms with van der Waals surface area (Å²) >= 11 is 0. The van der Waals surface area contributed by atoms with Gasteiger partial charge in [-0.3, -0.25) is 4.79 Å². The van der Waals surface area contributed by atoms with Crippen LogP contribution in [0.5, 0.6) is 5.75 Å². The van der Waals surface area contributed by atoms with E-state index >= 15 is 0 Å². The molecular formula is C25H21F2N7O3. The molecule has 2 bridgehead atoms. The van der Waals surface area contributed by atoms with E-state index in [9.17, 15) is 13.6 Å². The molecule has 1 aliphatic carbocycles. The number of alkyl halides is 2. The van der Waals surface area contributed by atoms with Gasteiger partial charge in [-0.15, -0.1) is 0 Å². The smallest absolute Gasteiger partial charge is 0.387 e. The lowest BCUT2D eigenvalue weighted by Crippen LogP contribution is -2.55. The molecule has 2 atom stereocenters. The van der Waals surface area contributed by atoms with E-state index in [1.807, 2.05) is 6.07 Å². The molecule has 2 N–H and O–H groups in total. The van der Waals surface area contributed by atoms with Crippen LogP contribution in [0.3, 0.4) is 0 Å². The predicted molar refractivity (Wildman–Crippen MR) is 125 cm³/mol.